The molecule has 0 bridgehead atoms. The number of halogens is 2. The summed E-state index contributed by atoms with van der Waals surface area (Å²) < 4.78 is 23.2. The van der Waals surface area contributed by atoms with Gasteiger partial charge in [-0.25, -0.2) is 19.0 Å². The van der Waals surface area contributed by atoms with Gasteiger partial charge in [0.15, 0.2) is 17.7 Å². The number of benzene rings is 2. The highest BCUT2D eigenvalue weighted by molar-refractivity contribution is 6.31. The second kappa shape index (κ2) is 11.4. The molecular formula is C20H18ClFN8O3. The van der Waals surface area contributed by atoms with Crippen LogP contribution in [0.5, 0.6) is 5.75 Å². The standard InChI is InChI=1S/C20H18ClFN8O3/c1-32-14-5-2-12(3-6-14)9-24-20(26-11-23)25-10-17-18(30-33-29-17)19(28-31)27-13-4-7-16(22)15(21)8-13/h2-8,31H,9-10H2,1H3,(H,27,28)(H2,24,25,26). The zero-order valence-electron chi connectivity index (χ0n) is 17.2. The van der Waals surface area contributed by atoms with E-state index < -0.39 is 5.82 Å². The molecule has 0 radical (unpaired) electrons. The molecule has 0 amide bonds. The van der Waals surface area contributed by atoms with Crippen molar-refractivity contribution in [1.82, 2.24) is 26.4 Å². The molecule has 0 aliphatic heterocycles. The Morgan fingerprint density at radius 1 is 1.27 bits per heavy atom. The van der Waals surface area contributed by atoms with Crippen LogP contribution in [-0.4, -0.2) is 34.4 Å². The fourth-order valence-electron chi connectivity index (χ4n) is 2.58. The van der Waals surface area contributed by atoms with Gasteiger partial charge in [-0.2, -0.15) is 5.26 Å². The lowest BCUT2D eigenvalue weighted by atomic mass is 10.2. The van der Waals surface area contributed by atoms with Crippen LogP contribution in [0.1, 0.15) is 17.0 Å². The molecule has 0 spiro atoms. The predicted octanol–water partition coefficient (Wildman–Crippen LogP) is 2.64. The van der Waals surface area contributed by atoms with E-state index >= 15 is 0 Å². The molecule has 1 aromatic heterocycles. The Morgan fingerprint density at radius 3 is 2.73 bits per heavy atom. The highest BCUT2D eigenvalue weighted by atomic mass is 35.5. The summed E-state index contributed by atoms with van der Waals surface area (Å²) in [4.78, 5) is 8.47. The Balaban J connectivity index is 1.73. The van der Waals surface area contributed by atoms with Crippen molar-refractivity contribution in [3.63, 3.8) is 0 Å². The van der Waals surface area contributed by atoms with Gasteiger partial charge in [-0.15, -0.1) is 0 Å². The smallest absolute Gasteiger partial charge is 0.205 e. The molecule has 0 fully saturated rings. The van der Waals surface area contributed by atoms with Crippen LogP contribution in [0.3, 0.4) is 0 Å². The highest BCUT2D eigenvalue weighted by Gasteiger charge is 2.17. The van der Waals surface area contributed by atoms with Gasteiger partial charge in [0, 0.05) is 0 Å². The van der Waals surface area contributed by atoms with Gasteiger partial charge < -0.3 is 10.1 Å². The third-order valence-corrected chi connectivity index (χ3v) is 4.50. The molecular weight excluding hydrogens is 455 g/mol. The summed E-state index contributed by atoms with van der Waals surface area (Å²) in [5.41, 5.74) is 3.40. The summed E-state index contributed by atoms with van der Waals surface area (Å²) in [6.07, 6.45) is 1.80. The highest BCUT2D eigenvalue weighted by Crippen LogP contribution is 2.22. The lowest BCUT2D eigenvalue weighted by Gasteiger charge is -2.08. The number of hydrogen-bond donors (Lipinski definition) is 4. The first-order valence-corrected chi connectivity index (χ1v) is 9.73. The minimum absolute atomic E-state index is 0.0276. The van der Waals surface area contributed by atoms with Crippen molar-refractivity contribution < 1.29 is 19.0 Å². The number of guanidine groups is 1. The second-order valence-electron chi connectivity index (χ2n) is 6.33. The molecule has 0 saturated carbocycles. The first-order chi connectivity index (χ1) is 16.0. The quantitative estimate of drug-likeness (QED) is 0.133. The topological polar surface area (TPSA) is 153 Å². The largest absolute Gasteiger partial charge is 0.497 e. The summed E-state index contributed by atoms with van der Waals surface area (Å²) in [7, 11) is 1.58. The van der Waals surface area contributed by atoms with Gasteiger partial charge in [0.2, 0.25) is 5.96 Å². The van der Waals surface area contributed by atoms with E-state index in [0.717, 1.165) is 17.4 Å². The molecule has 170 valence electrons. The number of aliphatic imine (C=N–C) groups is 2. The molecule has 11 nitrogen and oxygen atoms in total. The van der Waals surface area contributed by atoms with Gasteiger partial charge in [-0.05, 0) is 41.1 Å². The number of rotatable bonds is 7. The van der Waals surface area contributed by atoms with Gasteiger partial charge in [-0.1, -0.05) is 28.9 Å². The summed E-state index contributed by atoms with van der Waals surface area (Å²) in [6, 6.07) is 11.1. The molecule has 4 N–H and O–H groups in total. The van der Waals surface area contributed by atoms with E-state index in [4.69, 9.17) is 26.2 Å². The molecule has 33 heavy (non-hydrogen) atoms. The summed E-state index contributed by atoms with van der Waals surface area (Å²) in [5.74, 6) is 0.192. The maximum atomic E-state index is 13.4. The molecule has 13 heteroatoms. The van der Waals surface area contributed by atoms with Gasteiger partial charge >= 0.3 is 0 Å². The van der Waals surface area contributed by atoms with Gasteiger partial charge in [0.05, 0.1) is 30.9 Å². The Hall–Kier alpha value is -4.21. The van der Waals surface area contributed by atoms with Crippen molar-refractivity contribution in [2.24, 2.45) is 9.98 Å². The van der Waals surface area contributed by atoms with E-state index in [0.29, 0.717) is 6.54 Å². The SMILES string of the molecule is COc1ccc(CN=C(NC#N)NCc2nonc2C(=Nc2ccc(F)c(Cl)c2)NO)cc1. The monoisotopic (exact) mass is 472 g/mol. The van der Waals surface area contributed by atoms with Crippen LogP contribution in [0.25, 0.3) is 0 Å². The minimum Gasteiger partial charge on any atom is -0.497 e. The predicted molar refractivity (Wildman–Crippen MR) is 117 cm³/mol. The molecule has 2 aromatic carbocycles. The van der Waals surface area contributed by atoms with Gasteiger partial charge in [-0.3, -0.25) is 16.0 Å². The van der Waals surface area contributed by atoms with Gasteiger partial charge in [0.1, 0.15) is 17.3 Å². The first kappa shape index (κ1) is 23.5. The van der Waals surface area contributed by atoms with E-state index in [1.54, 1.807) is 25.4 Å². The first-order valence-electron chi connectivity index (χ1n) is 9.36. The number of aromatic nitrogens is 2. The van der Waals surface area contributed by atoms with Crippen molar-refractivity contribution in [1.29, 1.82) is 5.26 Å². The molecule has 0 aliphatic carbocycles. The second-order valence-corrected chi connectivity index (χ2v) is 6.74. The van der Waals surface area contributed by atoms with E-state index in [-0.39, 0.29) is 40.4 Å². The normalized spacial score (nSPS) is 11.6. The molecule has 0 atom stereocenters. The molecule has 0 unspecified atom stereocenters. The van der Waals surface area contributed by atoms with E-state index in [1.807, 2.05) is 17.6 Å². The summed E-state index contributed by atoms with van der Waals surface area (Å²) >= 11 is 5.76. The lowest BCUT2D eigenvalue weighted by Crippen LogP contribution is -2.35. The van der Waals surface area contributed by atoms with Crippen LogP contribution in [-0.2, 0) is 13.1 Å². The average Bonchev–Trinajstić information content (AvgIpc) is 3.30. The number of nitriles is 1. The van der Waals surface area contributed by atoms with E-state index in [2.05, 4.69) is 30.9 Å². The minimum atomic E-state index is -0.603. The van der Waals surface area contributed by atoms with Crippen LogP contribution in [0.4, 0.5) is 10.1 Å². The number of nitrogens with one attached hydrogen (secondary N) is 3. The molecule has 3 rings (SSSR count). The van der Waals surface area contributed by atoms with E-state index in [9.17, 15) is 9.60 Å². The number of ether oxygens (including phenoxy) is 1. The third-order valence-electron chi connectivity index (χ3n) is 4.21. The summed E-state index contributed by atoms with van der Waals surface area (Å²) in [5, 5.41) is 31.3. The number of methoxy groups -OCH3 is 1. The average molecular weight is 473 g/mol. The maximum absolute atomic E-state index is 13.4. The maximum Gasteiger partial charge on any atom is 0.205 e. The van der Waals surface area contributed by atoms with Crippen LogP contribution in [0.15, 0.2) is 57.1 Å². The third kappa shape index (κ3) is 6.39. The van der Waals surface area contributed by atoms with Crippen LogP contribution < -0.4 is 20.9 Å². The Labute approximate surface area is 192 Å². The van der Waals surface area contributed by atoms with Crippen LogP contribution >= 0.6 is 11.6 Å². The number of hydrogen-bond acceptors (Lipinski definition) is 8. The number of nitrogens with zero attached hydrogens (tertiary/aromatic N) is 5. The van der Waals surface area contributed by atoms with Gasteiger partial charge in [0.25, 0.3) is 0 Å². The lowest BCUT2D eigenvalue weighted by molar-refractivity contribution is 0.234. The zero-order valence-corrected chi connectivity index (χ0v) is 18.0. The number of amidine groups is 1. The van der Waals surface area contributed by atoms with Crippen molar-refractivity contribution in [2.75, 3.05) is 7.11 Å². The summed E-state index contributed by atoms with van der Waals surface area (Å²) in [6.45, 7) is 0.320. The number of hydroxylamine groups is 1. The molecule has 0 aliphatic rings. The van der Waals surface area contributed by atoms with Crippen LogP contribution in [0, 0.1) is 17.3 Å². The van der Waals surface area contributed by atoms with Crippen molar-refractivity contribution >= 4 is 29.1 Å². The Morgan fingerprint density at radius 2 is 2.06 bits per heavy atom. The van der Waals surface area contributed by atoms with Crippen LogP contribution in [0.2, 0.25) is 5.02 Å². The zero-order chi connectivity index (χ0) is 23.6. The molecule has 3 aromatic rings. The molecule has 1 heterocycles. The Kier molecular flexibility index (Phi) is 8.12. The molecule has 0 saturated heterocycles. The van der Waals surface area contributed by atoms with Crippen molar-refractivity contribution in [3.8, 4) is 11.9 Å². The van der Waals surface area contributed by atoms with E-state index in [1.165, 1.54) is 12.1 Å². The Bertz CT molecular complexity index is 1190. The van der Waals surface area contributed by atoms with Crippen molar-refractivity contribution in [3.05, 3.63) is 70.3 Å². The fourth-order valence-corrected chi connectivity index (χ4v) is 2.75. The van der Waals surface area contributed by atoms with Crippen molar-refractivity contribution in [2.45, 2.75) is 13.1 Å². The fraction of sp³-hybridized carbons (Fsp3) is 0.150.